The Hall–Kier alpha value is -3.33. The monoisotopic (exact) mass is 431 g/mol. The lowest BCUT2D eigenvalue weighted by molar-refractivity contribution is -0.137. The number of nitrogens with zero attached hydrogens (tertiary/aromatic N) is 1. The summed E-state index contributed by atoms with van der Waals surface area (Å²) in [6.07, 6.45) is -0.563. The summed E-state index contributed by atoms with van der Waals surface area (Å²) < 4.78 is 43.4. The van der Waals surface area contributed by atoms with Crippen LogP contribution in [-0.2, 0) is 12.6 Å². The van der Waals surface area contributed by atoms with Gasteiger partial charge in [0, 0.05) is 23.5 Å². The highest BCUT2D eigenvalue weighted by atomic mass is 32.1. The molecule has 0 aliphatic rings. The molecule has 154 valence electrons. The van der Waals surface area contributed by atoms with Crippen LogP contribution in [0.5, 0.6) is 5.75 Å². The Morgan fingerprint density at radius 3 is 2.67 bits per heavy atom. The molecule has 0 radical (unpaired) electrons. The average molecular weight is 431 g/mol. The molecule has 0 bridgehead atoms. The van der Waals surface area contributed by atoms with Crippen molar-refractivity contribution in [3.63, 3.8) is 0 Å². The number of hydrogen-bond acceptors (Lipinski definition) is 4. The Morgan fingerprint density at radius 1 is 1.17 bits per heavy atom. The first-order valence-electron chi connectivity index (χ1n) is 9.00. The summed E-state index contributed by atoms with van der Waals surface area (Å²) in [5.41, 5.74) is 3.40. The van der Waals surface area contributed by atoms with Gasteiger partial charge in [-0.25, -0.2) is 0 Å². The number of H-pyrrole nitrogens is 1. The van der Waals surface area contributed by atoms with E-state index in [-0.39, 0.29) is 5.91 Å². The van der Waals surface area contributed by atoms with Crippen LogP contribution in [0, 0.1) is 0 Å². The predicted molar refractivity (Wildman–Crippen MR) is 109 cm³/mol. The van der Waals surface area contributed by atoms with Gasteiger partial charge in [0.1, 0.15) is 10.6 Å². The topological polar surface area (TPSA) is 67.0 Å². The van der Waals surface area contributed by atoms with Crippen LogP contribution in [-0.4, -0.2) is 22.5 Å². The highest BCUT2D eigenvalue weighted by Crippen LogP contribution is 2.30. The SMILES string of the molecule is O=C(Nc1c[nH]c2ccc(CCOc3ccc(C(F)(F)F)cc3)cc12)c1cncs1. The van der Waals surface area contributed by atoms with Crippen LogP contribution in [0.3, 0.4) is 0 Å². The van der Waals surface area contributed by atoms with Gasteiger partial charge in [-0.2, -0.15) is 13.2 Å². The average Bonchev–Trinajstić information content (AvgIpc) is 3.38. The molecule has 0 saturated heterocycles. The van der Waals surface area contributed by atoms with Gasteiger partial charge >= 0.3 is 6.18 Å². The van der Waals surface area contributed by atoms with E-state index < -0.39 is 11.7 Å². The third kappa shape index (κ3) is 4.46. The molecule has 4 rings (SSSR count). The number of amides is 1. The van der Waals surface area contributed by atoms with Crippen LogP contribution in [0.4, 0.5) is 18.9 Å². The summed E-state index contributed by atoms with van der Waals surface area (Å²) in [4.78, 5) is 19.8. The highest BCUT2D eigenvalue weighted by Gasteiger charge is 2.30. The van der Waals surface area contributed by atoms with Gasteiger partial charge in [-0.15, -0.1) is 11.3 Å². The minimum absolute atomic E-state index is 0.227. The fourth-order valence-corrected chi connectivity index (χ4v) is 3.48. The number of alkyl halides is 3. The molecule has 0 saturated carbocycles. The summed E-state index contributed by atoms with van der Waals surface area (Å²) in [6, 6.07) is 10.4. The molecule has 2 aromatic carbocycles. The molecule has 0 spiro atoms. The predicted octanol–water partition coefficient (Wildman–Crippen LogP) is 5.52. The molecule has 0 unspecified atom stereocenters. The third-order valence-electron chi connectivity index (χ3n) is 4.49. The maximum atomic E-state index is 12.6. The maximum absolute atomic E-state index is 12.6. The van der Waals surface area contributed by atoms with Crippen molar-refractivity contribution in [3.05, 3.63) is 76.4 Å². The minimum Gasteiger partial charge on any atom is -0.493 e. The number of hydrogen-bond donors (Lipinski definition) is 2. The number of carbonyl (C=O) groups is 1. The summed E-state index contributed by atoms with van der Waals surface area (Å²) in [5, 5.41) is 3.73. The standard InChI is InChI=1S/C21H16F3N3O2S/c22-21(23,24)14-2-4-15(5-3-14)29-8-7-13-1-6-17-16(9-13)18(10-26-17)27-20(28)19-11-25-12-30-19/h1-6,9-12,26H,7-8H2,(H,27,28). The lowest BCUT2D eigenvalue weighted by Crippen LogP contribution is -2.09. The number of halogens is 3. The summed E-state index contributed by atoms with van der Waals surface area (Å²) >= 11 is 1.26. The van der Waals surface area contributed by atoms with Crippen molar-refractivity contribution in [1.29, 1.82) is 0 Å². The van der Waals surface area contributed by atoms with Crippen LogP contribution >= 0.6 is 11.3 Å². The third-order valence-corrected chi connectivity index (χ3v) is 5.26. The van der Waals surface area contributed by atoms with Gasteiger partial charge in [0.25, 0.3) is 5.91 Å². The lowest BCUT2D eigenvalue weighted by atomic mass is 10.1. The van der Waals surface area contributed by atoms with Gasteiger partial charge in [0.2, 0.25) is 0 Å². The zero-order valence-corrected chi connectivity index (χ0v) is 16.3. The van der Waals surface area contributed by atoms with Crippen LogP contribution in [0.1, 0.15) is 20.8 Å². The van der Waals surface area contributed by atoms with Gasteiger partial charge in [0.05, 0.1) is 29.6 Å². The molecule has 2 N–H and O–H groups in total. The largest absolute Gasteiger partial charge is 0.493 e. The second-order valence-corrected chi connectivity index (χ2v) is 7.41. The van der Waals surface area contributed by atoms with E-state index in [0.29, 0.717) is 29.3 Å². The van der Waals surface area contributed by atoms with E-state index in [2.05, 4.69) is 15.3 Å². The fourth-order valence-electron chi connectivity index (χ4n) is 2.97. The number of fused-ring (bicyclic) bond motifs is 1. The highest BCUT2D eigenvalue weighted by molar-refractivity contribution is 7.11. The van der Waals surface area contributed by atoms with Crippen molar-refractivity contribution < 1.29 is 22.7 Å². The van der Waals surface area contributed by atoms with Crippen LogP contribution in [0.25, 0.3) is 10.9 Å². The van der Waals surface area contributed by atoms with Gasteiger partial charge in [0.15, 0.2) is 0 Å². The van der Waals surface area contributed by atoms with Crippen molar-refractivity contribution >= 4 is 33.8 Å². The molecule has 0 atom stereocenters. The second kappa shape index (κ2) is 8.19. The number of nitrogens with one attached hydrogen (secondary N) is 2. The molecule has 2 heterocycles. The Bertz CT molecular complexity index is 1150. The second-order valence-electron chi connectivity index (χ2n) is 6.52. The molecule has 0 aliphatic heterocycles. The first kappa shape index (κ1) is 20.0. The van der Waals surface area contributed by atoms with Gasteiger partial charge in [-0.3, -0.25) is 9.78 Å². The molecule has 4 aromatic rings. The van der Waals surface area contributed by atoms with Crippen molar-refractivity contribution in [2.45, 2.75) is 12.6 Å². The molecule has 2 aromatic heterocycles. The van der Waals surface area contributed by atoms with E-state index >= 15 is 0 Å². The van der Waals surface area contributed by atoms with Gasteiger partial charge in [-0.1, -0.05) is 6.07 Å². The molecule has 1 amide bonds. The van der Waals surface area contributed by atoms with E-state index in [1.54, 1.807) is 11.7 Å². The zero-order chi connectivity index (χ0) is 21.1. The quantitative estimate of drug-likeness (QED) is 0.423. The normalized spacial score (nSPS) is 11.6. The molecule has 0 fully saturated rings. The number of carbonyl (C=O) groups excluding carboxylic acids is 1. The van der Waals surface area contributed by atoms with E-state index in [0.717, 1.165) is 28.6 Å². The van der Waals surface area contributed by atoms with Gasteiger partial charge in [-0.05, 0) is 42.0 Å². The number of ether oxygens (including phenoxy) is 1. The van der Waals surface area contributed by atoms with Gasteiger partial charge < -0.3 is 15.0 Å². The molecule has 0 aliphatic carbocycles. The maximum Gasteiger partial charge on any atom is 0.416 e. The van der Waals surface area contributed by atoms with Crippen molar-refractivity contribution in [2.24, 2.45) is 0 Å². The number of benzene rings is 2. The smallest absolute Gasteiger partial charge is 0.416 e. The first-order valence-corrected chi connectivity index (χ1v) is 9.88. The summed E-state index contributed by atoms with van der Waals surface area (Å²) in [5.74, 6) is 0.151. The Balaban J connectivity index is 1.40. The van der Waals surface area contributed by atoms with E-state index in [4.69, 9.17) is 4.74 Å². The van der Waals surface area contributed by atoms with Crippen molar-refractivity contribution in [2.75, 3.05) is 11.9 Å². The Morgan fingerprint density at radius 2 is 1.97 bits per heavy atom. The van der Waals surface area contributed by atoms with E-state index in [9.17, 15) is 18.0 Å². The van der Waals surface area contributed by atoms with Crippen LogP contribution in [0.2, 0.25) is 0 Å². The van der Waals surface area contributed by atoms with Crippen molar-refractivity contribution in [1.82, 2.24) is 9.97 Å². The molecular formula is C21H16F3N3O2S. The number of anilines is 1. The molecule has 30 heavy (non-hydrogen) atoms. The number of rotatable bonds is 6. The molecule has 9 heteroatoms. The first-order chi connectivity index (χ1) is 14.4. The molecular weight excluding hydrogens is 415 g/mol. The summed E-state index contributed by atoms with van der Waals surface area (Å²) in [6.45, 7) is 0.309. The van der Waals surface area contributed by atoms with Crippen LogP contribution in [0.15, 0.2) is 60.4 Å². The van der Waals surface area contributed by atoms with Crippen molar-refractivity contribution in [3.8, 4) is 5.75 Å². The summed E-state index contributed by atoms with van der Waals surface area (Å²) in [7, 11) is 0. The molecule has 5 nitrogen and oxygen atoms in total. The van der Waals surface area contributed by atoms with Crippen LogP contribution < -0.4 is 10.1 Å². The Labute approximate surface area is 173 Å². The van der Waals surface area contributed by atoms with E-state index in [1.165, 1.54) is 29.7 Å². The Kier molecular flexibility index (Phi) is 5.45. The number of aromatic amines is 1. The lowest BCUT2D eigenvalue weighted by Gasteiger charge is -2.09. The fraction of sp³-hybridized carbons (Fsp3) is 0.143. The number of thiazole rings is 1. The van der Waals surface area contributed by atoms with E-state index in [1.807, 2.05) is 18.2 Å². The minimum atomic E-state index is -4.36. The zero-order valence-electron chi connectivity index (χ0n) is 15.5. The number of aromatic nitrogens is 2.